The van der Waals surface area contributed by atoms with Crippen LogP contribution in [0.3, 0.4) is 0 Å². The van der Waals surface area contributed by atoms with Crippen LogP contribution in [0.4, 0.5) is 0 Å². The van der Waals surface area contributed by atoms with Crippen LogP contribution in [0.15, 0.2) is 71.6 Å². The third kappa shape index (κ3) is 2.27. The van der Waals surface area contributed by atoms with Crippen LogP contribution in [0, 0.1) is 0 Å². The van der Waals surface area contributed by atoms with Crippen LogP contribution in [0.1, 0.15) is 11.1 Å². The molecule has 0 fully saturated rings. The van der Waals surface area contributed by atoms with Gasteiger partial charge in [0.15, 0.2) is 0 Å². The fourth-order valence-electron chi connectivity index (χ4n) is 3.35. The second kappa shape index (κ2) is 5.05. The normalized spacial score (nSPS) is 12.7. The molecule has 0 amide bonds. The molecule has 3 aromatic carbocycles. The molecule has 4 heteroatoms. The summed E-state index contributed by atoms with van der Waals surface area (Å²) in [6.45, 7) is 0. The van der Waals surface area contributed by atoms with E-state index in [-0.39, 0.29) is 4.90 Å². The van der Waals surface area contributed by atoms with Gasteiger partial charge in [-0.15, -0.1) is 0 Å². The highest BCUT2D eigenvalue weighted by Crippen LogP contribution is 2.42. The first kappa shape index (κ1) is 14.2. The quantitative estimate of drug-likeness (QED) is 0.613. The van der Waals surface area contributed by atoms with E-state index in [2.05, 4.69) is 18.2 Å². The van der Waals surface area contributed by atoms with E-state index in [1.165, 1.54) is 16.7 Å². The zero-order valence-electron chi connectivity index (χ0n) is 12.4. The van der Waals surface area contributed by atoms with E-state index in [0.717, 1.165) is 17.5 Å². The molecule has 2 N–H and O–H groups in total. The summed E-state index contributed by atoms with van der Waals surface area (Å²) in [5.41, 5.74) is 6.41. The third-order valence-corrected chi connectivity index (χ3v) is 5.30. The van der Waals surface area contributed by atoms with E-state index >= 15 is 0 Å². The Labute approximate surface area is 135 Å². The zero-order chi connectivity index (χ0) is 16.0. The van der Waals surface area contributed by atoms with Gasteiger partial charge in [0.2, 0.25) is 10.0 Å². The van der Waals surface area contributed by atoms with Gasteiger partial charge in [0.05, 0.1) is 4.90 Å². The van der Waals surface area contributed by atoms with Gasteiger partial charge in [0, 0.05) is 5.56 Å². The fraction of sp³-hybridized carbons (Fsp3) is 0.0526. The van der Waals surface area contributed by atoms with E-state index < -0.39 is 10.0 Å². The molecule has 0 atom stereocenters. The molecule has 3 nitrogen and oxygen atoms in total. The lowest BCUT2D eigenvalue weighted by Crippen LogP contribution is -2.13. The first-order chi connectivity index (χ1) is 11.1. The van der Waals surface area contributed by atoms with E-state index in [4.69, 9.17) is 5.14 Å². The van der Waals surface area contributed by atoms with Crippen molar-refractivity contribution in [2.75, 3.05) is 0 Å². The van der Waals surface area contributed by atoms with Crippen molar-refractivity contribution in [3.05, 3.63) is 77.9 Å². The van der Waals surface area contributed by atoms with Gasteiger partial charge >= 0.3 is 0 Å². The molecule has 0 spiro atoms. The number of sulfonamides is 1. The average molecular weight is 321 g/mol. The van der Waals surface area contributed by atoms with E-state index in [1.54, 1.807) is 12.1 Å². The Bertz CT molecular complexity index is 1020. The second-order valence-electron chi connectivity index (χ2n) is 5.71. The van der Waals surface area contributed by atoms with Crippen molar-refractivity contribution < 1.29 is 8.42 Å². The minimum absolute atomic E-state index is 0.171. The van der Waals surface area contributed by atoms with Crippen LogP contribution in [-0.2, 0) is 16.4 Å². The lowest BCUT2D eigenvalue weighted by Gasteiger charge is -2.12. The largest absolute Gasteiger partial charge is 0.238 e. The minimum atomic E-state index is -3.77. The third-order valence-electron chi connectivity index (χ3n) is 4.33. The molecule has 0 heterocycles. The van der Waals surface area contributed by atoms with Crippen LogP contribution in [-0.4, -0.2) is 8.42 Å². The molecular weight excluding hydrogens is 306 g/mol. The maximum atomic E-state index is 11.9. The standard InChI is InChI=1S/C19H15NO2S/c20-23(21,22)19-11-4-3-8-17(19)16-10-5-9-15-14-7-2-1-6-13(14)12-18(15)16/h1-11H,12H2,(H2,20,21,22). The maximum Gasteiger partial charge on any atom is 0.238 e. The molecule has 114 valence electrons. The molecule has 1 aliphatic carbocycles. The Kier molecular flexibility index (Phi) is 3.11. The van der Waals surface area contributed by atoms with Crippen molar-refractivity contribution in [2.24, 2.45) is 5.14 Å². The van der Waals surface area contributed by atoms with E-state index in [0.29, 0.717) is 5.56 Å². The highest BCUT2D eigenvalue weighted by atomic mass is 32.2. The SMILES string of the molecule is NS(=O)(=O)c1ccccc1-c1cccc2c1Cc1ccccc1-2. The molecule has 3 aromatic rings. The van der Waals surface area contributed by atoms with Gasteiger partial charge < -0.3 is 0 Å². The molecule has 23 heavy (non-hydrogen) atoms. The summed E-state index contributed by atoms with van der Waals surface area (Å²) in [4.78, 5) is 0.171. The predicted octanol–water partition coefficient (Wildman–Crippen LogP) is 3.57. The number of nitrogens with two attached hydrogens (primary N) is 1. The Morgan fingerprint density at radius 1 is 0.696 bits per heavy atom. The van der Waals surface area contributed by atoms with Crippen molar-refractivity contribution in [1.82, 2.24) is 0 Å². The summed E-state index contributed by atoms with van der Waals surface area (Å²) in [6, 6.07) is 21.2. The van der Waals surface area contributed by atoms with Gasteiger partial charge in [-0.05, 0) is 40.3 Å². The van der Waals surface area contributed by atoms with Crippen molar-refractivity contribution in [3.63, 3.8) is 0 Å². The molecule has 4 rings (SSSR count). The molecule has 0 aromatic heterocycles. The molecule has 0 radical (unpaired) electrons. The zero-order valence-corrected chi connectivity index (χ0v) is 13.2. The molecule has 1 aliphatic rings. The van der Waals surface area contributed by atoms with Gasteiger partial charge in [0.25, 0.3) is 0 Å². The van der Waals surface area contributed by atoms with Crippen molar-refractivity contribution in [2.45, 2.75) is 11.3 Å². The first-order valence-corrected chi connectivity index (χ1v) is 8.93. The Balaban J connectivity index is 1.98. The van der Waals surface area contributed by atoms with Gasteiger partial charge in [-0.1, -0.05) is 60.7 Å². The highest BCUT2D eigenvalue weighted by molar-refractivity contribution is 7.89. The monoisotopic (exact) mass is 321 g/mol. The van der Waals surface area contributed by atoms with Gasteiger partial charge in [-0.2, -0.15) is 0 Å². The lowest BCUT2D eigenvalue weighted by atomic mass is 9.96. The van der Waals surface area contributed by atoms with Crippen LogP contribution in [0.2, 0.25) is 0 Å². The molecule has 0 bridgehead atoms. The second-order valence-corrected chi connectivity index (χ2v) is 7.24. The van der Waals surface area contributed by atoms with Crippen LogP contribution >= 0.6 is 0 Å². The highest BCUT2D eigenvalue weighted by Gasteiger charge is 2.23. The Hall–Kier alpha value is -2.43. The van der Waals surface area contributed by atoms with Gasteiger partial charge in [-0.25, -0.2) is 13.6 Å². The maximum absolute atomic E-state index is 11.9. The van der Waals surface area contributed by atoms with Crippen LogP contribution in [0.5, 0.6) is 0 Å². The lowest BCUT2D eigenvalue weighted by molar-refractivity contribution is 0.598. The summed E-state index contributed by atoms with van der Waals surface area (Å²) in [7, 11) is -3.77. The topological polar surface area (TPSA) is 60.2 Å². The van der Waals surface area contributed by atoms with Crippen molar-refractivity contribution >= 4 is 10.0 Å². The first-order valence-electron chi connectivity index (χ1n) is 7.38. The molecule has 0 saturated heterocycles. The van der Waals surface area contributed by atoms with Gasteiger partial charge in [0.1, 0.15) is 0 Å². The van der Waals surface area contributed by atoms with Crippen molar-refractivity contribution in [3.8, 4) is 22.3 Å². The number of hydrogen-bond acceptors (Lipinski definition) is 2. The minimum Gasteiger partial charge on any atom is -0.225 e. The summed E-state index contributed by atoms with van der Waals surface area (Å²) in [5.74, 6) is 0. The van der Waals surface area contributed by atoms with Crippen LogP contribution in [0.25, 0.3) is 22.3 Å². The molecule has 0 aliphatic heterocycles. The summed E-state index contributed by atoms with van der Waals surface area (Å²) in [5, 5.41) is 5.40. The molecule has 0 saturated carbocycles. The van der Waals surface area contributed by atoms with E-state index in [9.17, 15) is 8.42 Å². The van der Waals surface area contributed by atoms with Crippen molar-refractivity contribution in [1.29, 1.82) is 0 Å². The number of fused-ring (bicyclic) bond motifs is 3. The Morgan fingerprint density at radius 2 is 1.26 bits per heavy atom. The number of hydrogen-bond donors (Lipinski definition) is 1. The number of benzene rings is 3. The smallest absolute Gasteiger partial charge is 0.225 e. The van der Waals surface area contributed by atoms with Crippen LogP contribution < -0.4 is 5.14 Å². The molecule has 0 unspecified atom stereocenters. The van der Waals surface area contributed by atoms with Gasteiger partial charge in [-0.3, -0.25) is 0 Å². The fourth-order valence-corrected chi connectivity index (χ4v) is 4.10. The Morgan fingerprint density at radius 3 is 2.00 bits per heavy atom. The number of rotatable bonds is 2. The molecular formula is C19H15NO2S. The summed E-state index contributed by atoms with van der Waals surface area (Å²) in [6.07, 6.45) is 0.806. The summed E-state index contributed by atoms with van der Waals surface area (Å²) < 4.78 is 23.8. The van der Waals surface area contributed by atoms with E-state index in [1.807, 2.05) is 36.4 Å². The average Bonchev–Trinajstić information content (AvgIpc) is 2.93. The summed E-state index contributed by atoms with van der Waals surface area (Å²) >= 11 is 0. The number of primary sulfonamides is 1. The predicted molar refractivity (Wildman–Crippen MR) is 91.5 cm³/mol.